The van der Waals surface area contributed by atoms with Crippen LogP contribution in [-0.4, -0.2) is 30.8 Å². The van der Waals surface area contributed by atoms with Crippen LogP contribution in [0.25, 0.3) is 0 Å². The molecule has 1 aromatic rings. The maximum atomic E-state index is 12.6. The third-order valence-electron chi connectivity index (χ3n) is 2.88. The Labute approximate surface area is 139 Å². The van der Waals surface area contributed by atoms with Crippen LogP contribution in [0.3, 0.4) is 0 Å². The average Bonchev–Trinajstić information content (AvgIpc) is 2.38. The van der Waals surface area contributed by atoms with Crippen LogP contribution in [0.2, 0.25) is 0 Å². The van der Waals surface area contributed by atoms with E-state index in [9.17, 15) is 35.9 Å². The van der Waals surface area contributed by atoms with Crippen LogP contribution in [0.5, 0.6) is 0 Å². The van der Waals surface area contributed by atoms with Gasteiger partial charge in [-0.25, -0.2) is 0 Å². The van der Waals surface area contributed by atoms with Gasteiger partial charge in [-0.1, -0.05) is 6.07 Å². The predicted octanol–water partition coefficient (Wildman–Crippen LogP) is 3.79. The lowest BCUT2D eigenvalue weighted by Crippen LogP contribution is -2.20. The van der Waals surface area contributed by atoms with E-state index in [1.165, 1.54) is 6.92 Å². The first-order valence-corrected chi connectivity index (χ1v) is 7.10. The van der Waals surface area contributed by atoms with E-state index in [1.807, 2.05) is 0 Å². The van der Waals surface area contributed by atoms with Gasteiger partial charge in [-0.05, 0) is 30.2 Å². The molecule has 0 unspecified atom stereocenters. The largest absolute Gasteiger partial charge is 0.466 e. The standard InChI is InChI=1S/C15H15F6NO3/c1-2-25-13(24)6-12(23)22-11-4-3-9(7-14(16,17)18)10(5-11)8-15(19,20)21/h3-5H,2,6-8H2,1H3,(H,22,23). The molecule has 0 bridgehead atoms. The Morgan fingerprint density at radius 1 is 1.00 bits per heavy atom. The number of ether oxygens (including phenoxy) is 1. The van der Waals surface area contributed by atoms with Crippen molar-refractivity contribution in [3.05, 3.63) is 29.3 Å². The highest BCUT2D eigenvalue weighted by Gasteiger charge is 2.33. The summed E-state index contributed by atoms with van der Waals surface area (Å²) in [6.07, 6.45) is -13.1. The van der Waals surface area contributed by atoms with Crippen LogP contribution in [0, 0.1) is 0 Å². The highest BCUT2D eigenvalue weighted by Crippen LogP contribution is 2.30. The highest BCUT2D eigenvalue weighted by molar-refractivity contribution is 6.01. The van der Waals surface area contributed by atoms with Crippen LogP contribution < -0.4 is 5.32 Å². The van der Waals surface area contributed by atoms with Gasteiger partial charge in [0.05, 0.1) is 19.4 Å². The van der Waals surface area contributed by atoms with Gasteiger partial charge >= 0.3 is 18.3 Å². The van der Waals surface area contributed by atoms with E-state index >= 15 is 0 Å². The van der Waals surface area contributed by atoms with Crippen molar-refractivity contribution in [3.8, 4) is 0 Å². The maximum absolute atomic E-state index is 12.6. The van der Waals surface area contributed by atoms with Crippen molar-refractivity contribution in [1.29, 1.82) is 0 Å². The van der Waals surface area contributed by atoms with E-state index in [0.717, 1.165) is 18.2 Å². The van der Waals surface area contributed by atoms with Gasteiger partial charge < -0.3 is 10.1 Å². The molecule has 0 atom stereocenters. The van der Waals surface area contributed by atoms with E-state index in [4.69, 9.17) is 0 Å². The number of hydrogen-bond acceptors (Lipinski definition) is 3. The van der Waals surface area contributed by atoms with Crippen molar-refractivity contribution in [2.45, 2.75) is 38.5 Å². The molecule has 1 amide bonds. The van der Waals surface area contributed by atoms with Crippen LogP contribution in [0.4, 0.5) is 32.0 Å². The number of carbonyl (C=O) groups excluding carboxylic acids is 2. The van der Waals surface area contributed by atoms with E-state index in [0.29, 0.717) is 0 Å². The molecule has 0 saturated heterocycles. The molecule has 0 aliphatic carbocycles. The zero-order valence-corrected chi connectivity index (χ0v) is 13.1. The van der Waals surface area contributed by atoms with Crippen molar-refractivity contribution in [2.75, 3.05) is 11.9 Å². The fourth-order valence-corrected chi connectivity index (χ4v) is 2.02. The molecule has 0 spiro atoms. The molecule has 140 valence electrons. The number of carbonyl (C=O) groups is 2. The lowest BCUT2D eigenvalue weighted by molar-refractivity contribution is -0.145. The SMILES string of the molecule is CCOC(=O)CC(=O)Nc1ccc(CC(F)(F)F)c(CC(F)(F)F)c1. The average molecular weight is 371 g/mol. The first-order chi connectivity index (χ1) is 11.4. The summed E-state index contributed by atoms with van der Waals surface area (Å²) in [4.78, 5) is 22.7. The molecular weight excluding hydrogens is 356 g/mol. The summed E-state index contributed by atoms with van der Waals surface area (Å²) in [5.74, 6) is -1.68. The Balaban J connectivity index is 2.97. The Hall–Kier alpha value is -2.26. The maximum Gasteiger partial charge on any atom is 0.393 e. The molecule has 10 heteroatoms. The lowest BCUT2D eigenvalue weighted by Gasteiger charge is -2.15. The highest BCUT2D eigenvalue weighted by atomic mass is 19.4. The van der Waals surface area contributed by atoms with Crippen molar-refractivity contribution in [1.82, 2.24) is 0 Å². The minimum Gasteiger partial charge on any atom is -0.466 e. The Morgan fingerprint density at radius 3 is 2.08 bits per heavy atom. The predicted molar refractivity (Wildman–Crippen MR) is 75.8 cm³/mol. The summed E-state index contributed by atoms with van der Waals surface area (Å²) >= 11 is 0. The molecule has 0 radical (unpaired) electrons. The van der Waals surface area contributed by atoms with Gasteiger partial charge in [-0.15, -0.1) is 0 Å². The number of benzene rings is 1. The number of amides is 1. The van der Waals surface area contributed by atoms with Gasteiger partial charge in [0.2, 0.25) is 5.91 Å². The van der Waals surface area contributed by atoms with E-state index in [1.54, 1.807) is 0 Å². The van der Waals surface area contributed by atoms with Crippen molar-refractivity contribution >= 4 is 17.6 Å². The van der Waals surface area contributed by atoms with Gasteiger partial charge in [0.25, 0.3) is 0 Å². The number of anilines is 1. The Kier molecular flexibility index (Phi) is 6.83. The van der Waals surface area contributed by atoms with Gasteiger partial charge in [-0.3, -0.25) is 9.59 Å². The topological polar surface area (TPSA) is 55.4 Å². The molecule has 0 saturated carbocycles. The second kappa shape index (κ2) is 8.21. The molecule has 0 aliphatic rings. The van der Waals surface area contributed by atoms with Gasteiger partial charge in [0.15, 0.2) is 0 Å². The van der Waals surface area contributed by atoms with Gasteiger partial charge in [0.1, 0.15) is 6.42 Å². The van der Waals surface area contributed by atoms with E-state index in [-0.39, 0.29) is 12.3 Å². The van der Waals surface area contributed by atoms with E-state index in [2.05, 4.69) is 10.1 Å². The molecule has 1 rings (SSSR count). The van der Waals surface area contributed by atoms with Crippen molar-refractivity contribution < 1.29 is 40.7 Å². The minimum atomic E-state index is -4.71. The molecule has 4 nitrogen and oxygen atoms in total. The third kappa shape index (κ3) is 8.41. The summed E-state index contributed by atoms with van der Waals surface area (Å²) in [6.45, 7) is 1.58. The second-order valence-electron chi connectivity index (χ2n) is 5.10. The number of nitrogens with one attached hydrogen (secondary N) is 1. The fraction of sp³-hybridized carbons (Fsp3) is 0.467. The fourth-order valence-electron chi connectivity index (χ4n) is 2.02. The molecule has 0 aromatic heterocycles. The minimum absolute atomic E-state index is 0.0496. The zero-order valence-electron chi connectivity index (χ0n) is 13.1. The normalized spacial score (nSPS) is 12.0. The number of hydrogen-bond donors (Lipinski definition) is 1. The van der Waals surface area contributed by atoms with Crippen LogP contribution in [0.15, 0.2) is 18.2 Å². The number of halogens is 6. The smallest absolute Gasteiger partial charge is 0.393 e. The first-order valence-electron chi connectivity index (χ1n) is 7.10. The molecule has 1 N–H and O–H groups in total. The van der Waals surface area contributed by atoms with Crippen molar-refractivity contribution in [2.24, 2.45) is 0 Å². The summed E-state index contributed by atoms with van der Waals surface area (Å²) in [6, 6.07) is 2.73. The monoisotopic (exact) mass is 371 g/mol. The third-order valence-corrected chi connectivity index (χ3v) is 2.88. The van der Waals surface area contributed by atoms with Gasteiger partial charge in [-0.2, -0.15) is 26.3 Å². The molecule has 25 heavy (non-hydrogen) atoms. The van der Waals surface area contributed by atoms with Crippen molar-refractivity contribution in [3.63, 3.8) is 0 Å². The van der Waals surface area contributed by atoms with Crippen LogP contribution >= 0.6 is 0 Å². The van der Waals surface area contributed by atoms with Crippen LogP contribution in [0.1, 0.15) is 24.5 Å². The molecular formula is C15H15F6NO3. The first kappa shape index (κ1) is 20.8. The Bertz CT molecular complexity index is 625. The summed E-state index contributed by atoms with van der Waals surface area (Å²) < 4.78 is 79.7. The number of esters is 1. The molecule has 0 fully saturated rings. The number of alkyl halides is 6. The molecule has 0 aliphatic heterocycles. The van der Waals surface area contributed by atoms with Gasteiger partial charge in [0, 0.05) is 5.69 Å². The Morgan fingerprint density at radius 2 is 1.56 bits per heavy atom. The lowest BCUT2D eigenvalue weighted by atomic mass is 10.0. The summed E-state index contributed by atoms with van der Waals surface area (Å²) in [7, 11) is 0. The second-order valence-corrected chi connectivity index (χ2v) is 5.10. The number of rotatable bonds is 6. The molecule has 0 heterocycles. The van der Waals surface area contributed by atoms with E-state index < -0.39 is 54.6 Å². The zero-order chi connectivity index (χ0) is 19.3. The molecule has 1 aromatic carbocycles. The summed E-state index contributed by atoms with van der Waals surface area (Å²) in [5, 5.41) is 2.16. The quantitative estimate of drug-likeness (QED) is 0.470. The summed E-state index contributed by atoms with van der Waals surface area (Å²) in [5.41, 5.74) is -1.27. The van der Waals surface area contributed by atoms with Crippen LogP contribution in [-0.2, 0) is 27.2 Å².